The molecule has 0 saturated carbocycles. The number of alkyl halides is 3. The molecule has 114 valence electrons. The van der Waals surface area contributed by atoms with Crippen molar-refractivity contribution in [1.29, 1.82) is 0 Å². The molecule has 2 rings (SSSR count). The summed E-state index contributed by atoms with van der Waals surface area (Å²) < 4.78 is 39.1. The maximum Gasteiger partial charge on any atom is 0.416 e. The summed E-state index contributed by atoms with van der Waals surface area (Å²) in [7, 11) is 0. The third-order valence-corrected chi connectivity index (χ3v) is 2.97. The van der Waals surface area contributed by atoms with Crippen molar-refractivity contribution in [1.82, 2.24) is 15.0 Å². The first-order valence-corrected chi connectivity index (χ1v) is 6.29. The van der Waals surface area contributed by atoms with Gasteiger partial charge in [0, 0.05) is 18.7 Å². The van der Waals surface area contributed by atoms with E-state index in [9.17, 15) is 18.3 Å². The maximum absolute atomic E-state index is 12.6. The van der Waals surface area contributed by atoms with Crippen molar-refractivity contribution in [3.63, 3.8) is 0 Å². The number of hydrogen-bond acceptors (Lipinski definition) is 4. The first-order valence-electron chi connectivity index (χ1n) is 6.29. The van der Waals surface area contributed by atoms with Crippen LogP contribution < -0.4 is 0 Å². The van der Waals surface area contributed by atoms with Crippen LogP contribution in [0.25, 0.3) is 11.3 Å². The number of benzene rings is 1. The standard InChI is InChI=1S/C13H14F3N3O2/c14-13(15,16)10-4-2-9(3-5-10)12-11(8-21)17-18-19(12)6-1-7-20/h2-5,20-21H,1,6-8H2. The summed E-state index contributed by atoms with van der Waals surface area (Å²) in [5.41, 5.74) is 0.480. The summed E-state index contributed by atoms with van der Waals surface area (Å²) >= 11 is 0. The van der Waals surface area contributed by atoms with Crippen LogP contribution in [0.1, 0.15) is 17.7 Å². The summed E-state index contributed by atoms with van der Waals surface area (Å²) in [6.45, 7) is -0.0455. The van der Waals surface area contributed by atoms with Gasteiger partial charge in [-0.3, -0.25) is 0 Å². The van der Waals surface area contributed by atoms with Gasteiger partial charge in [0.1, 0.15) is 5.69 Å². The number of aliphatic hydroxyl groups excluding tert-OH is 2. The lowest BCUT2D eigenvalue weighted by atomic mass is 10.1. The molecule has 0 saturated heterocycles. The molecule has 0 aliphatic rings. The lowest BCUT2D eigenvalue weighted by molar-refractivity contribution is -0.137. The van der Waals surface area contributed by atoms with Crippen LogP contribution in [0.3, 0.4) is 0 Å². The quantitative estimate of drug-likeness (QED) is 0.884. The van der Waals surface area contributed by atoms with Gasteiger partial charge in [0.05, 0.1) is 17.9 Å². The fourth-order valence-corrected chi connectivity index (χ4v) is 1.97. The molecular formula is C13H14F3N3O2. The SMILES string of the molecule is OCCCn1nnc(CO)c1-c1ccc(C(F)(F)F)cc1. The fourth-order valence-electron chi connectivity index (χ4n) is 1.97. The van der Waals surface area contributed by atoms with Gasteiger partial charge in [-0.25, -0.2) is 4.68 Å². The van der Waals surface area contributed by atoms with E-state index < -0.39 is 11.7 Å². The molecule has 0 atom stereocenters. The molecule has 0 fully saturated rings. The molecule has 0 amide bonds. The Balaban J connectivity index is 2.38. The highest BCUT2D eigenvalue weighted by Gasteiger charge is 2.30. The zero-order valence-electron chi connectivity index (χ0n) is 11.0. The van der Waals surface area contributed by atoms with Gasteiger partial charge in [0.25, 0.3) is 0 Å². The van der Waals surface area contributed by atoms with Gasteiger partial charge in [0.2, 0.25) is 0 Å². The fraction of sp³-hybridized carbons (Fsp3) is 0.385. The third-order valence-electron chi connectivity index (χ3n) is 2.97. The molecule has 2 aromatic rings. The third kappa shape index (κ3) is 3.40. The summed E-state index contributed by atoms with van der Waals surface area (Å²) in [5.74, 6) is 0. The Morgan fingerprint density at radius 1 is 1.10 bits per heavy atom. The van der Waals surface area contributed by atoms with Crippen molar-refractivity contribution in [2.75, 3.05) is 6.61 Å². The van der Waals surface area contributed by atoms with Gasteiger partial charge in [-0.2, -0.15) is 13.2 Å². The molecule has 5 nitrogen and oxygen atoms in total. The molecule has 1 heterocycles. The van der Waals surface area contributed by atoms with E-state index in [0.29, 0.717) is 24.2 Å². The van der Waals surface area contributed by atoms with Crippen LogP contribution >= 0.6 is 0 Å². The highest BCUT2D eigenvalue weighted by molar-refractivity contribution is 5.62. The van der Waals surface area contributed by atoms with Crippen LogP contribution in [0.5, 0.6) is 0 Å². The minimum atomic E-state index is -4.40. The van der Waals surface area contributed by atoms with Crippen LogP contribution in [-0.4, -0.2) is 31.8 Å². The number of hydrogen-bond donors (Lipinski definition) is 2. The van der Waals surface area contributed by atoms with E-state index in [1.807, 2.05) is 0 Å². The second-order valence-electron chi connectivity index (χ2n) is 4.42. The Labute approximate surface area is 118 Å². The van der Waals surface area contributed by atoms with E-state index >= 15 is 0 Å². The number of halogens is 3. The Morgan fingerprint density at radius 3 is 2.29 bits per heavy atom. The predicted octanol–water partition coefficient (Wildman–Crippen LogP) is 1.84. The van der Waals surface area contributed by atoms with Gasteiger partial charge in [-0.1, -0.05) is 17.3 Å². The molecule has 0 aliphatic heterocycles. The molecule has 2 N–H and O–H groups in total. The monoisotopic (exact) mass is 301 g/mol. The van der Waals surface area contributed by atoms with Crippen LogP contribution in [0, 0.1) is 0 Å². The van der Waals surface area contributed by atoms with Gasteiger partial charge in [-0.05, 0) is 18.6 Å². The summed E-state index contributed by atoms with van der Waals surface area (Å²) in [5, 5.41) is 25.7. The van der Waals surface area contributed by atoms with Gasteiger partial charge in [-0.15, -0.1) is 5.10 Å². The molecular weight excluding hydrogens is 287 g/mol. The molecule has 0 spiro atoms. The number of aromatic nitrogens is 3. The van der Waals surface area contributed by atoms with Crippen molar-refractivity contribution < 1.29 is 23.4 Å². The van der Waals surface area contributed by atoms with Crippen LogP contribution in [-0.2, 0) is 19.3 Å². The molecule has 21 heavy (non-hydrogen) atoms. The zero-order valence-corrected chi connectivity index (χ0v) is 11.0. The largest absolute Gasteiger partial charge is 0.416 e. The Hall–Kier alpha value is -1.93. The average molecular weight is 301 g/mol. The minimum absolute atomic E-state index is 0.0409. The Bertz CT molecular complexity index is 594. The number of aryl methyl sites for hydroxylation is 1. The van der Waals surface area contributed by atoms with Crippen LogP contribution in [0.2, 0.25) is 0 Å². The second-order valence-corrected chi connectivity index (χ2v) is 4.42. The Kier molecular flexibility index (Phi) is 4.59. The van der Waals surface area contributed by atoms with E-state index in [2.05, 4.69) is 10.3 Å². The molecule has 0 aliphatic carbocycles. The van der Waals surface area contributed by atoms with E-state index in [1.54, 1.807) is 0 Å². The summed E-state index contributed by atoms with van der Waals surface area (Å²) in [4.78, 5) is 0. The first-order chi connectivity index (χ1) is 9.97. The highest BCUT2D eigenvalue weighted by Crippen LogP contribution is 2.31. The summed E-state index contributed by atoms with van der Waals surface area (Å²) in [6, 6.07) is 4.58. The number of aliphatic hydroxyl groups is 2. The van der Waals surface area contributed by atoms with E-state index in [4.69, 9.17) is 5.11 Å². The first kappa shape index (κ1) is 15.5. The van der Waals surface area contributed by atoms with E-state index in [0.717, 1.165) is 12.1 Å². The molecule has 0 unspecified atom stereocenters. The second kappa shape index (κ2) is 6.23. The van der Waals surface area contributed by atoms with Crippen molar-refractivity contribution in [2.45, 2.75) is 25.7 Å². The van der Waals surface area contributed by atoms with Gasteiger partial charge in [0.15, 0.2) is 0 Å². The van der Waals surface area contributed by atoms with E-state index in [-0.39, 0.29) is 18.9 Å². The smallest absolute Gasteiger partial charge is 0.396 e. The van der Waals surface area contributed by atoms with Crippen LogP contribution in [0.15, 0.2) is 24.3 Å². The highest BCUT2D eigenvalue weighted by atomic mass is 19.4. The Morgan fingerprint density at radius 2 is 1.76 bits per heavy atom. The average Bonchev–Trinajstić information content (AvgIpc) is 2.87. The summed E-state index contributed by atoms with van der Waals surface area (Å²) in [6.07, 6.45) is -3.96. The van der Waals surface area contributed by atoms with Gasteiger partial charge >= 0.3 is 6.18 Å². The molecule has 8 heteroatoms. The van der Waals surface area contributed by atoms with Crippen molar-refractivity contribution >= 4 is 0 Å². The molecule has 1 aromatic heterocycles. The molecule has 0 radical (unpaired) electrons. The molecule has 1 aromatic carbocycles. The minimum Gasteiger partial charge on any atom is -0.396 e. The topological polar surface area (TPSA) is 71.2 Å². The predicted molar refractivity (Wildman–Crippen MR) is 68.1 cm³/mol. The van der Waals surface area contributed by atoms with Crippen molar-refractivity contribution in [2.24, 2.45) is 0 Å². The lowest BCUT2D eigenvalue weighted by Gasteiger charge is -2.10. The van der Waals surface area contributed by atoms with Gasteiger partial charge < -0.3 is 10.2 Å². The normalized spacial score (nSPS) is 11.9. The van der Waals surface area contributed by atoms with Crippen LogP contribution in [0.4, 0.5) is 13.2 Å². The zero-order chi connectivity index (χ0) is 15.5. The number of nitrogens with zero attached hydrogens (tertiary/aromatic N) is 3. The van der Waals surface area contributed by atoms with Crippen molar-refractivity contribution in [3.8, 4) is 11.3 Å². The molecule has 0 bridgehead atoms. The van der Waals surface area contributed by atoms with E-state index in [1.165, 1.54) is 16.8 Å². The van der Waals surface area contributed by atoms with Crippen molar-refractivity contribution in [3.05, 3.63) is 35.5 Å². The lowest BCUT2D eigenvalue weighted by Crippen LogP contribution is -2.06. The number of rotatable bonds is 5. The maximum atomic E-state index is 12.6.